The summed E-state index contributed by atoms with van der Waals surface area (Å²) < 4.78 is 38.3. The lowest BCUT2D eigenvalue weighted by molar-refractivity contribution is -0.138. The van der Waals surface area contributed by atoms with Crippen LogP contribution in [0.2, 0.25) is 0 Å². The standard InChI is InChI=1S/C40H32F2N4O4/c1-4-50-39(49)34-30(19-29-25-9-5-7-11-27(25)35-36(40(35,41)42)28-12-8-6-10-26(28)29)33(38(47)48)21(2)44-37(34)23-13-15-24(16-14-23)46-22(3)45-31-20-43-18-17-32(31)46/h5-20,30,35-36,44H,4H2,1-3H3,(H,47,48). The molecule has 3 heterocycles. The number of fused-ring (bicyclic) bond motifs is 6. The molecule has 0 saturated heterocycles. The SMILES string of the molecule is CCOC(=O)C1=C(c2ccc(-n3c(C)nc4cnccc43)cc2)NC(C)=C(C(=O)O)C1C=C1c2ccccc2C2C(c3ccccc31)C2(F)F. The fourth-order valence-electron chi connectivity index (χ4n) is 7.76. The summed E-state index contributed by atoms with van der Waals surface area (Å²) in [6, 6.07) is 23.5. The van der Waals surface area contributed by atoms with Gasteiger partial charge in [0.05, 0.1) is 47.0 Å². The number of allylic oxidation sites excluding steroid dienone is 2. The number of carbonyl (C=O) groups is 2. The number of hydrogen-bond donors (Lipinski definition) is 2. The molecule has 3 unspecified atom stereocenters. The van der Waals surface area contributed by atoms with E-state index in [-0.39, 0.29) is 17.8 Å². The molecule has 8 rings (SSSR count). The zero-order valence-corrected chi connectivity index (χ0v) is 27.4. The Labute approximate surface area is 286 Å². The molecule has 0 amide bonds. The number of esters is 1. The maximum Gasteiger partial charge on any atom is 0.337 e. The molecule has 0 spiro atoms. The number of halogens is 2. The van der Waals surface area contributed by atoms with E-state index in [0.717, 1.165) is 22.5 Å². The van der Waals surface area contributed by atoms with Crippen LogP contribution in [0.15, 0.2) is 114 Å². The summed E-state index contributed by atoms with van der Waals surface area (Å²) in [6.45, 7) is 5.32. The van der Waals surface area contributed by atoms with E-state index < -0.39 is 35.6 Å². The number of dihydropyridines is 1. The van der Waals surface area contributed by atoms with Crippen LogP contribution in [0.1, 0.15) is 59.3 Å². The number of aromatic nitrogens is 3. The lowest BCUT2D eigenvalue weighted by atomic mass is 9.80. The summed E-state index contributed by atoms with van der Waals surface area (Å²) in [4.78, 5) is 35.8. The van der Waals surface area contributed by atoms with Crippen molar-refractivity contribution in [2.24, 2.45) is 5.92 Å². The smallest absolute Gasteiger partial charge is 0.337 e. The Morgan fingerprint density at radius 3 is 2.20 bits per heavy atom. The minimum absolute atomic E-state index is 0.0373. The molecule has 3 aliphatic rings. The number of nitrogens with one attached hydrogen (secondary N) is 1. The number of rotatable bonds is 6. The Balaban J connectivity index is 1.33. The molecule has 3 atom stereocenters. The first-order valence-electron chi connectivity index (χ1n) is 16.4. The molecular weight excluding hydrogens is 638 g/mol. The molecule has 2 aliphatic carbocycles. The number of alkyl halides is 2. The van der Waals surface area contributed by atoms with E-state index in [9.17, 15) is 14.7 Å². The Bertz CT molecular complexity index is 2280. The number of imidazole rings is 1. The van der Waals surface area contributed by atoms with Crippen LogP contribution in [-0.2, 0) is 14.3 Å². The van der Waals surface area contributed by atoms with Crippen molar-refractivity contribution < 1.29 is 28.2 Å². The first kappa shape index (κ1) is 31.4. The second-order valence-electron chi connectivity index (χ2n) is 12.7. The highest BCUT2D eigenvalue weighted by Crippen LogP contribution is 2.70. The van der Waals surface area contributed by atoms with Gasteiger partial charge >= 0.3 is 11.9 Å². The summed E-state index contributed by atoms with van der Waals surface area (Å²) in [5, 5.41) is 13.8. The second-order valence-corrected chi connectivity index (χ2v) is 12.7. The normalized spacial score (nSPS) is 20.3. The number of ether oxygens (including phenoxy) is 1. The Hall–Kier alpha value is -5.90. The molecule has 0 bridgehead atoms. The Morgan fingerprint density at radius 1 is 0.940 bits per heavy atom. The van der Waals surface area contributed by atoms with Crippen molar-refractivity contribution >= 4 is 34.2 Å². The van der Waals surface area contributed by atoms with Crippen molar-refractivity contribution in [2.45, 2.75) is 38.5 Å². The first-order valence-corrected chi connectivity index (χ1v) is 16.4. The summed E-state index contributed by atoms with van der Waals surface area (Å²) >= 11 is 0. The molecule has 3 aromatic carbocycles. The molecule has 1 fully saturated rings. The second kappa shape index (κ2) is 11.6. The monoisotopic (exact) mass is 670 g/mol. The van der Waals surface area contributed by atoms with Crippen LogP contribution in [0.4, 0.5) is 8.78 Å². The fourth-order valence-corrected chi connectivity index (χ4v) is 7.76. The van der Waals surface area contributed by atoms with Crippen LogP contribution >= 0.6 is 0 Å². The number of hydrogen-bond acceptors (Lipinski definition) is 6. The molecule has 50 heavy (non-hydrogen) atoms. The van der Waals surface area contributed by atoms with Gasteiger partial charge in [0.15, 0.2) is 0 Å². The number of benzene rings is 3. The van der Waals surface area contributed by atoms with Crippen LogP contribution in [-0.4, -0.2) is 44.1 Å². The van der Waals surface area contributed by atoms with Crippen molar-refractivity contribution in [3.05, 3.63) is 148 Å². The molecule has 8 nitrogen and oxygen atoms in total. The van der Waals surface area contributed by atoms with Gasteiger partial charge < -0.3 is 15.2 Å². The van der Waals surface area contributed by atoms with E-state index in [4.69, 9.17) is 4.74 Å². The fraction of sp³-hybridized carbons (Fsp3) is 0.200. The van der Waals surface area contributed by atoms with Crippen LogP contribution in [0.5, 0.6) is 0 Å². The number of aliphatic carboxylic acids is 1. The predicted octanol–water partition coefficient (Wildman–Crippen LogP) is 7.54. The predicted molar refractivity (Wildman–Crippen MR) is 185 cm³/mol. The molecule has 0 radical (unpaired) electrons. The van der Waals surface area contributed by atoms with Crippen molar-refractivity contribution in [3.8, 4) is 5.69 Å². The number of aryl methyl sites for hydroxylation is 1. The van der Waals surface area contributed by atoms with E-state index >= 15 is 8.78 Å². The summed E-state index contributed by atoms with van der Waals surface area (Å²) in [5.41, 5.74) is 6.69. The van der Waals surface area contributed by atoms with E-state index in [1.54, 1.807) is 80.8 Å². The molecule has 2 aromatic heterocycles. The van der Waals surface area contributed by atoms with Gasteiger partial charge in [-0.15, -0.1) is 0 Å². The molecule has 1 saturated carbocycles. The van der Waals surface area contributed by atoms with Crippen molar-refractivity contribution in [3.63, 3.8) is 0 Å². The minimum atomic E-state index is -2.91. The maximum atomic E-state index is 15.4. The van der Waals surface area contributed by atoms with Gasteiger partial charge in [0, 0.05) is 23.5 Å². The lowest BCUT2D eigenvalue weighted by Gasteiger charge is -2.30. The van der Waals surface area contributed by atoms with E-state index in [1.807, 2.05) is 41.8 Å². The molecule has 1 aliphatic heterocycles. The largest absolute Gasteiger partial charge is 0.478 e. The molecule has 250 valence electrons. The van der Waals surface area contributed by atoms with Gasteiger partial charge in [-0.3, -0.25) is 9.55 Å². The maximum absolute atomic E-state index is 15.4. The van der Waals surface area contributed by atoms with Crippen molar-refractivity contribution in [1.29, 1.82) is 0 Å². The van der Waals surface area contributed by atoms with Crippen LogP contribution in [0.3, 0.4) is 0 Å². The third kappa shape index (κ3) is 4.77. The van der Waals surface area contributed by atoms with Gasteiger partial charge in [0.25, 0.3) is 5.92 Å². The number of carboxylic acid groups (broad SMARTS) is 1. The quantitative estimate of drug-likeness (QED) is 0.180. The van der Waals surface area contributed by atoms with Crippen LogP contribution < -0.4 is 5.32 Å². The van der Waals surface area contributed by atoms with E-state index in [1.165, 1.54) is 0 Å². The number of carboxylic acids is 1. The van der Waals surface area contributed by atoms with Gasteiger partial charge in [-0.05, 0) is 72.4 Å². The minimum Gasteiger partial charge on any atom is -0.478 e. The Kier molecular flexibility index (Phi) is 7.29. The number of pyridine rings is 1. The van der Waals surface area contributed by atoms with Gasteiger partial charge in [0.1, 0.15) is 11.3 Å². The molecule has 2 N–H and O–H groups in total. The summed E-state index contributed by atoms with van der Waals surface area (Å²) in [5.74, 6) is -7.12. The first-order chi connectivity index (χ1) is 24.1. The van der Waals surface area contributed by atoms with Crippen LogP contribution in [0.25, 0.3) is 28.0 Å². The molecule has 10 heteroatoms. The van der Waals surface area contributed by atoms with E-state index in [2.05, 4.69) is 15.3 Å². The van der Waals surface area contributed by atoms with Gasteiger partial charge in [-0.1, -0.05) is 66.7 Å². The van der Waals surface area contributed by atoms with Gasteiger partial charge in [-0.25, -0.2) is 23.4 Å². The Morgan fingerprint density at radius 2 is 1.58 bits per heavy atom. The molecule has 5 aromatic rings. The van der Waals surface area contributed by atoms with E-state index in [0.29, 0.717) is 44.8 Å². The highest BCUT2D eigenvalue weighted by atomic mass is 19.3. The summed E-state index contributed by atoms with van der Waals surface area (Å²) in [7, 11) is 0. The zero-order valence-electron chi connectivity index (χ0n) is 27.4. The summed E-state index contributed by atoms with van der Waals surface area (Å²) in [6.07, 6.45) is 5.16. The lowest BCUT2D eigenvalue weighted by Crippen LogP contribution is -2.32. The highest BCUT2D eigenvalue weighted by molar-refractivity contribution is 6.05. The molecular formula is C40H32F2N4O4. The number of nitrogens with zero attached hydrogens (tertiary/aromatic N) is 3. The van der Waals surface area contributed by atoms with Gasteiger partial charge in [0.2, 0.25) is 0 Å². The topological polar surface area (TPSA) is 106 Å². The average Bonchev–Trinajstić information content (AvgIpc) is 3.56. The van der Waals surface area contributed by atoms with Crippen molar-refractivity contribution in [2.75, 3.05) is 6.61 Å². The van der Waals surface area contributed by atoms with Crippen molar-refractivity contribution in [1.82, 2.24) is 19.9 Å². The average molecular weight is 671 g/mol. The third-order valence-corrected chi connectivity index (χ3v) is 9.93. The third-order valence-electron chi connectivity index (χ3n) is 9.93. The zero-order chi connectivity index (χ0) is 34.9. The number of carbonyl (C=O) groups excluding carboxylic acids is 1. The van der Waals surface area contributed by atoms with Gasteiger partial charge in [-0.2, -0.15) is 0 Å². The van der Waals surface area contributed by atoms with Crippen LogP contribution in [0, 0.1) is 12.8 Å². The highest BCUT2D eigenvalue weighted by Gasteiger charge is 2.70.